The summed E-state index contributed by atoms with van der Waals surface area (Å²) in [5, 5.41) is 11.8. The van der Waals surface area contributed by atoms with Crippen molar-refractivity contribution in [3.63, 3.8) is 0 Å². The summed E-state index contributed by atoms with van der Waals surface area (Å²) in [5.41, 5.74) is 3.23. The van der Waals surface area contributed by atoms with E-state index >= 15 is 0 Å². The number of carbonyl (C=O) groups excluding carboxylic acids is 1. The van der Waals surface area contributed by atoms with Gasteiger partial charge < -0.3 is 0 Å². The van der Waals surface area contributed by atoms with Crippen LogP contribution in [0, 0.1) is 16.7 Å². The van der Waals surface area contributed by atoms with Gasteiger partial charge in [-0.05, 0) is 54.7 Å². The SMILES string of the molecule is CCC1(C(=O)N(c2ccccc2)c2nccs2)Cc2ccc(C#N)cc2C1. The Morgan fingerprint density at radius 3 is 2.67 bits per heavy atom. The van der Waals surface area contributed by atoms with Crippen LogP contribution in [0.2, 0.25) is 0 Å². The molecule has 0 saturated carbocycles. The monoisotopic (exact) mass is 373 g/mol. The first kappa shape index (κ1) is 17.4. The molecule has 0 aliphatic heterocycles. The van der Waals surface area contributed by atoms with Crippen molar-refractivity contribution in [1.29, 1.82) is 5.26 Å². The Balaban J connectivity index is 1.75. The maximum atomic E-state index is 13.8. The van der Waals surface area contributed by atoms with Crippen LogP contribution in [0.15, 0.2) is 60.1 Å². The van der Waals surface area contributed by atoms with Crippen molar-refractivity contribution in [3.05, 3.63) is 76.8 Å². The molecule has 1 amide bonds. The summed E-state index contributed by atoms with van der Waals surface area (Å²) in [4.78, 5) is 20.0. The van der Waals surface area contributed by atoms with Gasteiger partial charge >= 0.3 is 0 Å². The van der Waals surface area contributed by atoms with Gasteiger partial charge in [-0.1, -0.05) is 31.2 Å². The molecule has 1 aromatic heterocycles. The highest BCUT2D eigenvalue weighted by atomic mass is 32.1. The molecule has 0 radical (unpaired) electrons. The highest BCUT2D eigenvalue weighted by Crippen LogP contribution is 2.44. The summed E-state index contributed by atoms with van der Waals surface area (Å²) >= 11 is 1.46. The lowest BCUT2D eigenvalue weighted by Crippen LogP contribution is -2.42. The van der Waals surface area contributed by atoms with Gasteiger partial charge in [0.1, 0.15) is 0 Å². The minimum Gasteiger partial charge on any atom is -0.273 e. The summed E-state index contributed by atoms with van der Waals surface area (Å²) < 4.78 is 0. The molecule has 0 fully saturated rings. The number of benzene rings is 2. The first-order valence-electron chi connectivity index (χ1n) is 8.98. The molecule has 1 atom stereocenters. The number of carbonyl (C=O) groups is 1. The number of para-hydroxylation sites is 1. The van der Waals surface area contributed by atoms with Crippen LogP contribution in [0.5, 0.6) is 0 Å². The van der Waals surface area contributed by atoms with Crippen molar-refractivity contribution in [2.24, 2.45) is 5.41 Å². The fourth-order valence-corrected chi connectivity index (χ4v) is 4.49. The smallest absolute Gasteiger partial charge is 0.240 e. The minimum atomic E-state index is -0.516. The second-order valence-corrected chi connectivity index (χ2v) is 7.75. The van der Waals surface area contributed by atoms with Gasteiger partial charge in [0, 0.05) is 11.6 Å². The molecular formula is C22H19N3OS. The van der Waals surface area contributed by atoms with Crippen LogP contribution < -0.4 is 4.90 Å². The highest BCUT2D eigenvalue weighted by Gasteiger charge is 2.45. The molecule has 3 aromatic rings. The molecule has 1 heterocycles. The van der Waals surface area contributed by atoms with Gasteiger partial charge in [0.25, 0.3) is 0 Å². The van der Waals surface area contributed by atoms with E-state index in [2.05, 4.69) is 18.0 Å². The summed E-state index contributed by atoms with van der Waals surface area (Å²) in [6.07, 6.45) is 3.81. The zero-order chi connectivity index (χ0) is 18.9. The number of amides is 1. The maximum Gasteiger partial charge on any atom is 0.240 e. The van der Waals surface area contributed by atoms with E-state index in [1.807, 2.05) is 53.9 Å². The van der Waals surface area contributed by atoms with E-state index in [9.17, 15) is 10.1 Å². The predicted molar refractivity (Wildman–Crippen MR) is 107 cm³/mol. The number of nitriles is 1. The predicted octanol–water partition coefficient (Wildman–Crippen LogP) is 4.87. The van der Waals surface area contributed by atoms with Crippen molar-refractivity contribution in [2.45, 2.75) is 26.2 Å². The minimum absolute atomic E-state index is 0.0702. The van der Waals surface area contributed by atoms with Crippen LogP contribution in [-0.4, -0.2) is 10.9 Å². The lowest BCUT2D eigenvalue weighted by atomic mass is 9.80. The van der Waals surface area contributed by atoms with Crippen LogP contribution in [-0.2, 0) is 17.6 Å². The number of anilines is 2. The van der Waals surface area contributed by atoms with E-state index in [1.54, 1.807) is 11.1 Å². The van der Waals surface area contributed by atoms with Gasteiger partial charge in [-0.15, -0.1) is 11.3 Å². The first-order valence-corrected chi connectivity index (χ1v) is 9.86. The van der Waals surface area contributed by atoms with Crippen LogP contribution in [0.25, 0.3) is 0 Å². The van der Waals surface area contributed by atoms with Crippen LogP contribution in [0.3, 0.4) is 0 Å². The largest absolute Gasteiger partial charge is 0.273 e. The third kappa shape index (κ3) is 3.02. The fourth-order valence-electron chi connectivity index (χ4n) is 3.83. The molecule has 0 saturated heterocycles. The molecule has 4 rings (SSSR count). The lowest BCUT2D eigenvalue weighted by Gasteiger charge is -2.32. The summed E-state index contributed by atoms with van der Waals surface area (Å²) in [6, 6.07) is 17.7. The quantitative estimate of drug-likeness (QED) is 0.655. The number of fused-ring (bicyclic) bond motifs is 1. The normalized spacial score (nSPS) is 17.9. The van der Waals surface area contributed by atoms with Crippen LogP contribution in [0.1, 0.15) is 30.0 Å². The van der Waals surface area contributed by atoms with Gasteiger partial charge in [-0.25, -0.2) is 4.98 Å². The number of hydrogen-bond donors (Lipinski definition) is 0. The zero-order valence-electron chi connectivity index (χ0n) is 15.1. The molecule has 2 aromatic carbocycles. The molecule has 0 N–H and O–H groups in total. The Morgan fingerprint density at radius 2 is 2.00 bits per heavy atom. The van der Waals surface area contributed by atoms with Crippen molar-refractivity contribution in [3.8, 4) is 6.07 Å². The van der Waals surface area contributed by atoms with Gasteiger partial charge in [0.2, 0.25) is 5.91 Å². The number of nitrogens with zero attached hydrogens (tertiary/aromatic N) is 3. The molecule has 27 heavy (non-hydrogen) atoms. The zero-order valence-corrected chi connectivity index (χ0v) is 15.9. The third-order valence-corrected chi connectivity index (χ3v) is 6.11. The third-order valence-electron chi connectivity index (χ3n) is 5.35. The van der Waals surface area contributed by atoms with Crippen molar-refractivity contribution in [2.75, 3.05) is 4.90 Å². The second-order valence-electron chi connectivity index (χ2n) is 6.87. The number of aromatic nitrogens is 1. The Bertz CT molecular complexity index is 1010. The topological polar surface area (TPSA) is 57.0 Å². The van der Waals surface area contributed by atoms with Crippen molar-refractivity contribution >= 4 is 28.1 Å². The van der Waals surface area contributed by atoms with Gasteiger partial charge in [0.05, 0.1) is 22.7 Å². The van der Waals surface area contributed by atoms with Crippen LogP contribution >= 0.6 is 11.3 Å². The first-order chi connectivity index (χ1) is 13.2. The summed E-state index contributed by atoms with van der Waals surface area (Å²) in [5.74, 6) is 0.0702. The van der Waals surface area contributed by atoms with Crippen molar-refractivity contribution in [1.82, 2.24) is 4.98 Å². The van der Waals surface area contributed by atoms with Crippen molar-refractivity contribution < 1.29 is 4.79 Å². The van der Waals surface area contributed by atoms with Gasteiger partial charge in [-0.2, -0.15) is 5.26 Å². The average molecular weight is 373 g/mol. The Morgan fingerprint density at radius 1 is 1.22 bits per heavy atom. The molecule has 1 aliphatic rings. The number of rotatable bonds is 4. The van der Waals surface area contributed by atoms with E-state index < -0.39 is 5.41 Å². The number of hydrogen-bond acceptors (Lipinski definition) is 4. The average Bonchev–Trinajstić information content (AvgIpc) is 3.36. The highest BCUT2D eigenvalue weighted by molar-refractivity contribution is 7.13. The Labute approximate surface area is 162 Å². The molecule has 4 nitrogen and oxygen atoms in total. The number of thiazole rings is 1. The Hall–Kier alpha value is -2.97. The van der Waals surface area contributed by atoms with E-state index in [0.717, 1.165) is 23.2 Å². The molecule has 1 unspecified atom stereocenters. The summed E-state index contributed by atoms with van der Waals surface area (Å²) in [7, 11) is 0. The van der Waals surface area contributed by atoms with E-state index in [-0.39, 0.29) is 5.91 Å². The van der Waals surface area contributed by atoms with Gasteiger partial charge in [0.15, 0.2) is 5.13 Å². The molecule has 0 spiro atoms. The Kier molecular flexibility index (Phi) is 4.51. The van der Waals surface area contributed by atoms with E-state index in [0.29, 0.717) is 23.5 Å². The maximum absolute atomic E-state index is 13.8. The fraction of sp³-hybridized carbons (Fsp3) is 0.227. The molecule has 5 heteroatoms. The molecular weight excluding hydrogens is 354 g/mol. The molecule has 0 bridgehead atoms. The molecule has 1 aliphatic carbocycles. The second kappa shape index (κ2) is 6.98. The lowest BCUT2D eigenvalue weighted by molar-refractivity contribution is -0.127. The van der Waals surface area contributed by atoms with Crippen LogP contribution in [0.4, 0.5) is 10.8 Å². The van der Waals surface area contributed by atoms with E-state index in [1.165, 1.54) is 11.3 Å². The summed E-state index contributed by atoms with van der Waals surface area (Å²) in [6.45, 7) is 2.07. The van der Waals surface area contributed by atoms with Gasteiger partial charge in [-0.3, -0.25) is 9.69 Å². The van der Waals surface area contributed by atoms with E-state index in [4.69, 9.17) is 0 Å². The molecule has 134 valence electrons. The standard InChI is InChI=1S/C22H19N3OS/c1-2-22(13-17-9-8-16(15-23)12-18(17)14-22)20(26)25(21-24-10-11-27-21)19-6-4-3-5-7-19/h3-12H,2,13-14H2,1H3.